The van der Waals surface area contributed by atoms with E-state index in [4.69, 9.17) is 11.6 Å². The van der Waals surface area contributed by atoms with Gasteiger partial charge in [-0.1, -0.05) is 17.7 Å². The van der Waals surface area contributed by atoms with Gasteiger partial charge in [-0.2, -0.15) is 0 Å². The Kier molecular flexibility index (Phi) is 3.67. The molecule has 0 radical (unpaired) electrons. The van der Waals surface area contributed by atoms with Gasteiger partial charge in [-0.3, -0.25) is 4.79 Å². The second-order valence-electron chi connectivity index (χ2n) is 8.02. The fraction of sp³-hybridized carbons (Fsp3) is 0.632. The molecule has 0 unspecified atom stereocenters. The molecule has 0 amide bonds. The van der Waals surface area contributed by atoms with Crippen LogP contribution in [-0.4, -0.2) is 11.1 Å². The highest BCUT2D eigenvalue weighted by Crippen LogP contribution is 2.64. The normalized spacial score (nSPS) is 38.0. The summed E-state index contributed by atoms with van der Waals surface area (Å²) in [7, 11) is 0. The highest BCUT2D eigenvalue weighted by Gasteiger charge is 2.57. The summed E-state index contributed by atoms with van der Waals surface area (Å²) in [4.78, 5) is 11.6. The van der Waals surface area contributed by atoms with Gasteiger partial charge in [0.05, 0.1) is 6.42 Å². The lowest BCUT2D eigenvalue weighted by molar-refractivity contribution is -0.154. The molecule has 4 aliphatic carbocycles. The van der Waals surface area contributed by atoms with Gasteiger partial charge >= 0.3 is 5.97 Å². The topological polar surface area (TPSA) is 37.3 Å². The van der Waals surface area contributed by atoms with Crippen LogP contribution in [0.2, 0.25) is 5.02 Å². The van der Waals surface area contributed by atoms with Gasteiger partial charge in [-0.05, 0) is 85.3 Å². The Morgan fingerprint density at radius 2 is 1.78 bits per heavy atom. The molecule has 0 atom stereocenters. The Balaban J connectivity index is 1.71. The molecule has 0 spiro atoms. The first-order valence-corrected chi connectivity index (χ1v) is 9.00. The number of rotatable bonds is 4. The lowest BCUT2D eigenvalue weighted by Crippen LogP contribution is -2.54. The van der Waals surface area contributed by atoms with Gasteiger partial charge < -0.3 is 5.11 Å². The molecule has 4 bridgehead atoms. The van der Waals surface area contributed by atoms with Crippen molar-refractivity contribution in [1.82, 2.24) is 0 Å². The minimum atomic E-state index is -0.712. The van der Waals surface area contributed by atoms with Crippen LogP contribution in [-0.2, 0) is 11.2 Å². The van der Waals surface area contributed by atoms with Gasteiger partial charge in [-0.25, -0.2) is 4.39 Å². The van der Waals surface area contributed by atoms with Crippen molar-refractivity contribution in [3.63, 3.8) is 0 Å². The summed E-state index contributed by atoms with van der Waals surface area (Å²) >= 11 is 6.25. The van der Waals surface area contributed by atoms with E-state index in [1.165, 1.54) is 44.2 Å². The van der Waals surface area contributed by atoms with Crippen LogP contribution in [0.15, 0.2) is 18.2 Å². The lowest BCUT2D eigenvalue weighted by atomic mass is 9.43. The first kappa shape index (κ1) is 15.4. The van der Waals surface area contributed by atoms with E-state index in [-0.39, 0.29) is 17.7 Å². The first-order chi connectivity index (χ1) is 11.0. The van der Waals surface area contributed by atoms with E-state index in [1.807, 2.05) is 0 Å². The SMILES string of the molecule is O=C(O)CC1(Cc2ccc(F)cc2Cl)C2CC3CC(C2)CC1C3. The van der Waals surface area contributed by atoms with Crippen molar-refractivity contribution in [3.05, 3.63) is 34.6 Å². The molecule has 0 aliphatic heterocycles. The second-order valence-corrected chi connectivity index (χ2v) is 8.43. The lowest BCUT2D eigenvalue weighted by Gasteiger charge is -2.61. The maximum absolute atomic E-state index is 13.3. The molecule has 1 aromatic rings. The Hall–Kier alpha value is -1.09. The molecule has 5 rings (SSSR count). The predicted molar refractivity (Wildman–Crippen MR) is 86.8 cm³/mol. The highest BCUT2D eigenvalue weighted by atomic mass is 35.5. The summed E-state index contributed by atoms with van der Waals surface area (Å²) < 4.78 is 13.3. The third-order valence-electron chi connectivity index (χ3n) is 6.78. The van der Waals surface area contributed by atoms with Crippen LogP contribution in [0.3, 0.4) is 0 Å². The second kappa shape index (κ2) is 5.47. The van der Waals surface area contributed by atoms with Crippen LogP contribution in [0, 0.1) is 34.9 Å². The molecule has 4 fully saturated rings. The van der Waals surface area contributed by atoms with Gasteiger partial charge in [0.15, 0.2) is 0 Å². The molecular formula is C19H22ClFO2. The average molecular weight is 337 g/mol. The summed E-state index contributed by atoms with van der Waals surface area (Å²) in [6.45, 7) is 0. The summed E-state index contributed by atoms with van der Waals surface area (Å²) in [6.07, 6.45) is 6.90. The standard InChI is InChI=1S/C19H22ClFO2/c20-17-8-16(21)2-1-13(17)9-19(10-18(22)23)14-4-11-3-12(6-14)7-15(19)5-11/h1-2,8,11-12,14-15H,3-7,9-10H2,(H,22,23). The molecule has 2 nitrogen and oxygen atoms in total. The van der Waals surface area contributed by atoms with E-state index >= 15 is 0 Å². The summed E-state index contributed by atoms with van der Waals surface area (Å²) in [5.74, 6) is 1.50. The van der Waals surface area contributed by atoms with E-state index in [0.29, 0.717) is 23.3 Å². The van der Waals surface area contributed by atoms with Gasteiger partial charge in [0.1, 0.15) is 5.82 Å². The number of carboxylic acid groups (broad SMARTS) is 1. The van der Waals surface area contributed by atoms with Crippen LogP contribution in [0.5, 0.6) is 0 Å². The van der Waals surface area contributed by atoms with E-state index in [9.17, 15) is 14.3 Å². The zero-order valence-electron chi connectivity index (χ0n) is 13.1. The fourth-order valence-corrected chi connectivity index (χ4v) is 6.30. The molecule has 124 valence electrons. The van der Waals surface area contributed by atoms with E-state index in [2.05, 4.69) is 0 Å². The van der Waals surface area contributed by atoms with Crippen molar-refractivity contribution < 1.29 is 14.3 Å². The number of hydrogen-bond acceptors (Lipinski definition) is 1. The highest BCUT2D eigenvalue weighted by molar-refractivity contribution is 6.31. The van der Waals surface area contributed by atoms with Crippen LogP contribution in [0.4, 0.5) is 4.39 Å². The van der Waals surface area contributed by atoms with E-state index < -0.39 is 5.97 Å². The maximum atomic E-state index is 13.3. The Morgan fingerprint density at radius 1 is 1.17 bits per heavy atom. The van der Waals surface area contributed by atoms with Crippen LogP contribution in [0.25, 0.3) is 0 Å². The minimum absolute atomic E-state index is 0.194. The monoisotopic (exact) mass is 336 g/mol. The number of aliphatic carboxylic acids is 1. The van der Waals surface area contributed by atoms with Crippen molar-refractivity contribution in [1.29, 1.82) is 0 Å². The van der Waals surface area contributed by atoms with Gasteiger partial charge in [0.2, 0.25) is 0 Å². The Labute approximate surface area is 141 Å². The molecule has 0 aromatic heterocycles. The first-order valence-electron chi connectivity index (χ1n) is 8.62. The number of halogens is 2. The van der Waals surface area contributed by atoms with Crippen LogP contribution < -0.4 is 0 Å². The van der Waals surface area contributed by atoms with Gasteiger partial charge in [-0.15, -0.1) is 0 Å². The summed E-state index contributed by atoms with van der Waals surface area (Å²) in [6, 6.07) is 4.53. The van der Waals surface area contributed by atoms with Crippen molar-refractivity contribution >= 4 is 17.6 Å². The summed E-state index contributed by atoms with van der Waals surface area (Å²) in [5.41, 5.74) is 0.711. The van der Waals surface area contributed by atoms with Gasteiger partial charge in [0.25, 0.3) is 0 Å². The van der Waals surface area contributed by atoms with Crippen molar-refractivity contribution in [2.45, 2.75) is 44.9 Å². The molecule has 4 saturated carbocycles. The smallest absolute Gasteiger partial charge is 0.303 e. The Bertz CT molecular complexity index is 614. The molecule has 23 heavy (non-hydrogen) atoms. The predicted octanol–water partition coefficient (Wildman–Crippen LogP) is 4.94. The number of benzene rings is 1. The number of hydrogen-bond donors (Lipinski definition) is 1. The fourth-order valence-electron chi connectivity index (χ4n) is 6.06. The number of carboxylic acids is 1. The quantitative estimate of drug-likeness (QED) is 0.845. The molecule has 1 N–H and O–H groups in total. The largest absolute Gasteiger partial charge is 0.481 e. The molecule has 4 aliphatic rings. The van der Waals surface area contributed by atoms with E-state index in [0.717, 1.165) is 17.4 Å². The van der Waals surface area contributed by atoms with Gasteiger partial charge in [0, 0.05) is 5.02 Å². The minimum Gasteiger partial charge on any atom is -0.481 e. The van der Waals surface area contributed by atoms with Crippen molar-refractivity contribution in [2.75, 3.05) is 0 Å². The zero-order valence-corrected chi connectivity index (χ0v) is 13.9. The van der Waals surface area contributed by atoms with E-state index in [1.54, 1.807) is 6.07 Å². The van der Waals surface area contributed by atoms with Crippen LogP contribution in [0.1, 0.15) is 44.1 Å². The maximum Gasteiger partial charge on any atom is 0.303 e. The molecular weight excluding hydrogens is 315 g/mol. The third kappa shape index (κ3) is 2.57. The molecule has 0 saturated heterocycles. The summed E-state index contributed by atoms with van der Waals surface area (Å²) in [5, 5.41) is 10.00. The number of carbonyl (C=O) groups is 1. The molecule has 4 heteroatoms. The Morgan fingerprint density at radius 3 is 2.30 bits per heavy atom. The van der Waals surface area contributed by atoms with Crippen LogP contribution >= 0.6 is 11.6 Å². The van der Waals surface area contributed by atoms with Crippen molar-refractivity contribution in [2.24, 2.45) is 29.1 Å². The third-order valence-corrected chi connectivity index (χ3v) is 7.13. The molecule has 1 aromatic carbocycles. The molecule has 0 heterocycles. The van der Waals surface area contributed by atoms with Crippen molar-refractivity contribution in [3.8, 4) is 0 Å². The zero-order chi connectivity index (χ0) is 16.2. The average Bonchev–Trinajstić information content (AvgIpc) is 2.46.